The van der Waals surface area contributed by atoms with Gasteiger partial charge < -0.3 is 4.74 Å². The summed E-state index contributed by atoms with van der Waals surface area (Å²) in [5.74, 6) is -0.389. The zero-order valence-electron chi connectivity index (χ0n) is 17.6. The SMILES string of the molecule is CCOC(=O)c1ccc(-n2ccc3c(cnc4c(-c5ccccc5)c(C)nn43)c2=O)cc1. The van der Waals surface area contributed by atoms with Crippen LogP contribution in [0.3, 0.4) is 0 Å². The number of nitrogens with zero attached hydrogens (tertiary/aromatic N) is 4. The van der Waals surface area contributed by atoms with E-state index in [2.05, 4.69) is 10.1 Å². The van der Waals surface area contributed by atoms with Crippen LogP contribution in [-0.2, 0) is 4.74 Å². The molecule has 0 saturated heterocycles. The smallest absolute Gasteiger partial charge is 0.338 e. The molecule has 2 aromatic carbocycles. The highest BCUT2D eigenvalue weighted by Gasteiger charge is 2.16. The van der Waals surface area contributed by atoms with Crippen LogP contribution in [0.5, 0.6) is 0 Å². The van der Waals surface area contributed by atoms with Crippen LogP contribution in [0.2, 0.25) is 0 Å². The van der Waals surface area contributed by atoms with Gasteiger partial charge in [-0.25, -0.2) is 14.3 Å². The molecule has 0 atom stereocenters. The molecule has 5 rings (SSSR count). The molecule has 7 nitrogen and oxygen atoms in total. The molecule has 0 spiro atoms. The van der Waals surface area contributed by atoms with Gasteiger partial charge in [-0.05, 0) is 49.7 Å². The minimum atomic E-state index is -0.389. The fourth-order valence-electron chi connectivity index (χ4n) is 3.89. The summed E-state index contributed by atoms with van der Waals surface area (Å²) in [6.07, 6.45) is 3.31. The number of esters is 1. The van der Waals surface area contributed by atoms with Gasteiger partial charge in [0.05, 0.1) is 28.8 Å². The Morgan fingerprint density at radius 2 is 1.78 bits per heavy atom. The molecule has 5 aromatic rings. The van der Waals surface area contributed by atoms with Crippen molar-refractivity contribution < 1.29 is 9.53 Å². The number of aromatic nitrogens is 4. The molecular weight excluding hydrogens is 404 g/mol. The van der Waals surface area contributed by atoms with Crippen LogP contribution in [0.1, 0.15) is 23.0 Å². The van der Waals surface area contributed by atoms with Crippen LogP contribution in [0.4, 0.5) is 0 Å². The fraction of sp³-hybridized carbons (Fsp3) is 0.120. The number of aryl methyl sites for hydroxylation is 1. The van der Waals surface area contributed by atoms with Crippen LogP contribution >= 0.6 is 0 Å². The lowest BCUT2D eigenvalue weighted by Gasteiger charge is -2.09. The van der Waals surface area contributed by atoms with Crippen molar-refractivity contribution in [1.82, 2.24) is 19.2 Å². The Balaban J connectivity index is 1.63. The maximum absolute atomic E-state index is 13.2. The van der Waals surface area contributed by atoms with Gasteiger partial charge >= 0.3 is 5.97 Å². The zero-order chi connectivity index (χ0) is 22.2. The van der Waals surface area contributed by atoms with Gasteiger partial charge in [0.2, 0.25) is 0 Å². The normalized spacial score (nSPS) is 11.2. The molecular formula is C25H20N4O3. The van der Waals surface area contributed by atoms with E-state index in [1.54, 1.807) is 48.1 Å². The molecule has 0 unspecified atom stereocenters. The van der Waals surface area contributed by atoms with E-state index in [0.717, 1.165) is 16.8 Å². The predicted octanol–water partition coefficient (Wildman–Crippen LogP) is 4.19. The van der Waals surface area contributed by atoms with Crippen molar-refractivity contribution >= 4 is 22.5 Å². The molecule has 0 amide bonds. The van der Waals surface area contributed by atoms with E-state index < -0.39 is 0 Å². The monoisotopic (exact) mass is 424 g/mol. The van der Waals surface area contributed by atoms with E-state index in [4.69, 9.17) is 4.74 Å². The number of rotatable bonds is 4. The van der Waals surface area contributed by atoms with Gasteiger partial charge in [-0.3, -0.25) is 9.36 Å². The first-order chi connectivity index (χ1) is 15.6. The third-order valence-electron chi connectivity index (χ3n) is 5.41. The second kappa shape index (κ2) is 7.77. The first-order valence-corrected chi connectivity index (χ1v) is 10.3. The summed E-state index contributed by atoms with van der Waals surface area (Å²) in [5.41, 5.74) is 5.08. The van der Waals surface area contributed by atoms with Crippen molar-refractivity contribution in [3.05, 3.63) is 94.7 Å². The van der Waals surface area contributed by atoms with E-state index in [-0.39, 0.29) is 11.5 Å². The minimum absolute atomic E-state index is 0.213. The highest BCUT2D eigenvalue weighted by Crippen LogP contribution is 2.28. The van der Waals surface area contributed by atoms with E-state index in [0.29, 0.717) is 34.4 Å². The van der Waals surface area contributed by atoms with Crippen molar-refractivity contribution in [2.24, 2.45) is 0 Å². The molecule has 3 heterocycles. The standard InChI is InChI=1S/C25H20N4O3/c1-3-32-25(31)18-9-11-19(12-10-18)28-14-13-21-20(24(28)30)15-26-23-22(16(2)27-29(21)23)17-7-5-4-6-8-17/h4-15H,3H2,1-2H3. The van der Waals surface area contributed by atoms with Crippen molar-refractivity contribution in [3.8, 4) is 16.8 Å². The molecule has 7 heteroatoms. The van der Waals surface area contributed by atoms with Crippen LogP contribution in [0, 0.1) is 6.92 Å². The molecule has 3 aromatic heterocycles. The number of carbonyl (C=O) groups is 1. The summed E-state index contributed by atoms with van der Waals surface area (Å²) >= 11 is 0. The Bertz CT molecular complexity index is 1520. The Kier molecular flexibility index (Phi) is 4.78. The molecule has 0 aliphatic heterocycles. The molecule has 0 aliphatic rings. The lowest BCUT2D eigenvalue weighted by atomic mass is 10.1. The van der Waals surface area contributed by atoms with Gasteiger partial charge in [0.15, 0.2) is 5.65 Å². The van der Waals surface area contributed by atoms with Crippen molar-refractivity contribution in [2.45, 2.75) is 13.8 Å². The second-order valence-corrected chi connectivity index (χ2v) is 7.38. The van der Waals surface area contributed by atoms with Gasteiger partial charge in [0.25, 0.3) is 5.56 Å². The summed E-state index contributed by atoms with van der Waals surface area (Å²) < 4.78 is 8.27. The van der Waals surface area contributed by atoms with Gasteiger partial charge in [-0.15, -0.1) is 0 Å². The van der Waals surface area contributed by atoms with Crippen LogP contribution < -0.4 is 5.56 Å². The summed E-state index contributed by atoms with van der Waals surface area (Å²) in [5, 5.41) is 5.12. The number of pyridine rings is 1. The Hall–Kier alpha value is -4.26. The summed E-state index contributed by atoms with van der Waals surface area (Å²) in [4.78, 5) is 29.7. The van der Waals surface area contributed by atoms with E-state index >= 15 is 0 Å². The van der Waals surface area contributed by atoms with Crippen molar-refractivity contribution in [1.29, 1.82) is 0 Å². The largest absolute Gasteiger partial charge is 0.462 e. The quantitative estimate of drug-likeness (QED) is 0.404. The summed E-state index contributed by atoms with van der Waals surface area (Å²) in [6.45, 7) is 4.01. The van der Waals surface area contributed by atoms with Crippen molar-refractivity contribution in [2.75, 3.05) is 6.61 Å². The number of hydrogen-bond acceptors (Lipinski definition) is 5. The van der Waals surface area contributed by atoms with Crippen LogP contribution in [0.15, 0.2) is 77.9 Å². The lowest BCUT2D eigenvalue weighted by molar-refractivity contribution is 0.0526. The zero-order valence-corrected chi connectivity index (χ0v) is 17.6. The van der Waals surface area contributed by atoms with Gasteiger partial charge in [-0.2, -0.15) is 5.10 Å². The Labute approximate surface area is 183 Å². The third kappa shape index (κ3) is 3.15. The van der Waals surface area contributed by atoms with Gasteiger partial charge in [0.1, 0.15) is 0 Å². The first-order valence-electron chi connectivity index (χ1n) is 10.3. The Morgan fingerprint density at radius 1 is 1.03 bits per heavy atom. The predicted molar refractivity (Wildman–Crippen MR) is 122 cm³/mol. The number of carbonyl (C=O) groups excluding carboxylic acids is 1. The van der Waals surface area contributed by atoms with Gasteiger partial charge in [-0.1, -0.05) is 30.3 Å². The van der Waals surface area contributed by atoms with Crippen LogP contribution in [-0.4, -0.2) is 31.7 Å². The molecule has 0 fully saturated rings. The molecule has 0 radical (unpaired) electrons. The maximum atomic E-state index is 13.2. The summed E-state index contributed by atoms with van der Waals surface area (Å²) in [6, 6.07) is 18.6. The number of benzene rings is 2. The number of ether oxygens (including phenoxy) is 1. The van der Waals surface area contributed by atoms with E-state index in [1.165, 1.54) is 4.57 Å². The first kappa shape index (κ1) is 19.7. The highest BCUT2D eigenvalue weighted by molar-refractivity contribution is 5.90. The molecule has 0 aliphatic carbocycles. The minimum Gasteiger partial charge on any atom is -0.462 e. The van der Waals surface area contributed by atoms with Crippen molar-refractivity contribution in [3.63, 3.8) is 0 Å². The number of fused-ring (bicyclic) bond motifs is 3. The lowest BCUT2D eigenvalue weighted by Crippen LogP contribution is -2.19. The topological polar surface area (TPSA) is 78.5 Å². The molecule has 0 bridgehead atoms. The average Bonchev–Trinajstić information content (AvgIpc) is 3.16. The molecule has 32 heavy (non-hydrogen) atoms. The van der Waals surface area contributed by atoms with Crippen LogP contribution in [0.25, 0.3) is 33.4 Å². The molecule has 0 N–H and O–H groups in total. The molecule has 158 valence electrons. The highest BCUT2D eigenvalue weighted by atomic mass is 16.5. The fourth-order valence-corrected chi connectivity index (χ4v) is 3.89. The molecule has 0 saturated carbocycles. The summed E-state index contributed by atoms with van der Waals surface area (Å²) in [7, 11) is 0. The van der Waals surface area contributed by atoms with E-state index in [1.807, 2.05) is 43.3 Å². The number of hydrogen-bond donors (Lipinski definition) is 0. The maximum Gasteiger partial charge on any atom is 0.338 e. The van der Waals surface area contributed by atoms with Gasteiger partial charge in [0, 0.05) is 23.6 Å². The second-order valence-electron chi connectivity index (χ2n) is 7.38. The van der Waals surface area contributed by atoms with E-state index in [9.17, 15) is 9.59 Å². The average molecular weight is 424 g/mol. The third-order valence-corrected chi connectivity index (χ3v) is 5.41. The Morgan fingerprint density at radius 3 is 2.50 bits per heavy atom.